The van der Waals surface area contributed by atoms with Gasteiger partial charge in [-0.2, -0.15) is 0 Å². The van der Waals surface area contributed by atoms with E-state index in [1.807, 2.05) is 6.92 Å². The third-order valence-electron chi connectivity index (χ3n) is 5.33. The molecule has 0 aromatic heterocycles. The van der Waals surface area contributed by atoms with Crippen molar-refractivity contribution in [3.8, 4) is 0 Å². The molecule has 2 rings (SSSR count). The molecular weight excluding hydrogens is 266 g/mol. The first kappa shape index (κ1) is 16.1. The van der Waals surface area contributed by atoms with Crippen molar-refractivity contribution in [2.75, 3.05) is 0 Å². The molecule has 2 saturated carbocycles. The largest absolute Gasteiger partial charge is 0.409 e. The molecule has 0 radical (unpaired) electrons. The van der Waals surface area contributed by atoms with Crippen molar-refractivity contribution in [2.45, 2.75) is 70.8 Å². The van der Waals surface area contributed by atoms with Crippen molar-refractivity contribution in [1.82, 2.24) is 5.32 Å². The zero-order valence-electron chi connectivity index (χ0n) is 13.1. The molecule has 0 saturated heterocycles. The molecule has 21 heavy (non-hydrogen) atoms. The van der Waals surface area contributed by atoms with Gasteiger partial charge in [-0.1, -0.05) is 37.8 Å². The fourth-order valence-electron chi connectivity index (χ4n) is 4.02. The third kappa shape index (κ3) is 4.35. The van der Waals surface area contributed by atoms with Crippen molar-refractivity contribution in [3.63, 3.8) is 0 Å². The second kappa shape index (κ2) is 7.66. The summed E-state index contributed by atoms with van der Waals surface area (Å²) in [5, 5.41) is 14.7. The van der Waals surface area contributed by atoms with Crippen LogP contribution in [0.25, 0.3) is 0 Å². The van der Waals surface area contributed by atoms with Crippen molar-refractivity contribution >= 4 is 11.7 Å². The fourth-order valence-corrected chi connectivity index (χ4v) is 4.02. The lowest BCUT2D eigenvalue weighted by atomic mass is 9.67. The molecule has 2 aliphatic rings. The molecule has 5 nitrogen and oxygen atoms in total. The van der Waals surface area contributed by atoms with E-state index in [9.17, 15) is 4.79 Å². The summed E-state index contributed by atoms with van der Waals surface area (Å²) in [6.07, 6.45) is 9.85. The first-order chi connectivity index (χ1) is 10.1. The second-order valence-corrected chi connectivity index (χ2v) is 6.72. The molecule has 0 aliphatic heterocycles. The third-order valence-corrected chi connectivity index (χ3v) is 5.33. The second-order valence-electron chi connectivity index (χ2n) is 6.72. The number of nitrogens with two attached hydrogens (primary N) is 1. The first-order valence-electron chi connectivity index (χ1n) is 8.40. The van der Waals surface area contributed by atoms with Gasteiger partial charge in [-0.15, -0.1) is 0 Å². The molecule has 5 heteroatoms. The van der Waals surface area contributed by atoms with E-state index in [2.05, 4.69) is 10.5 Å². The first-order valence-corrected chi connectivity index (χ1v) is 8.40. The minimum absolute atomic E-state index is 0.0301. The molecule has 4 unspecified atom stereocenters. The molecular formula is C16H29N3O2. The Balaban J connectivity index is 1.84. The molecule has 4 atom stereocenters. The van der Waals surface area contributed by atoms with Gasteiger partial charge < -0.3 is 16.3 Å². The average molecular weight is 295 g/mol. The minimum Gasteiger partial charge on any atom is -0.409 e. The Bertz CT molecular complexity index is 384. The van der Waals surface area contributed by atoms with E-state index >= 15 is 0 Å². The van der Waals surface area contributed by atoms with Crippen LogP contribution in [0, 0.1) is 17.8 Å². The number of carbonyl (C=O) groups excluding carboxylic acids is 1. The van der Waals surface area contributed by atoms with E-state index in [0.717, 1.165) is 31.1 Å². The molecule has 2 aliphatic carbocycles. The van der Waals surface area contributed by atoms with Crippen LogP contribution < -0.4 is 11.1 Å². The summed E-state index contributed by atoms with van der Waals surface area (Å²) in [6.45, 7) is 2.01. The number of rotatable bonds is 5. The average Bonchev–Trinajstić information content (AvgIpc) is 2.53. The van der Waals surface area contributed by atoms with Gasteiger partial charge in [0.15, 0.2) is 0 Å². The summed E-state index contributed by atoms with van der Waals surface area (Å²) in [6, 6.07) is -0.0301. The van der Waals surface area contributed by atoms with Gasteiger partial charge in [0.05, 0.1) is 0 Å². The summed E-state index contributed by atoms with van der Waals surface area (Å²) in [7, 11) is 0. The van der Waals surface area contributed by atoms with E-state index in [-0.39, 0.29) is 23.7 Å². The number of amides is 1. The molecule has 0 aromatic carbocycles. The fraction of sp³-hybridized carbons (Fsp3) is 0.875. The minimum atomic E-state index is -0.0301. The van der Waals surface area contributed by atoms with Gasteiger partial charge in [-0.05, 0) is 37.5 Å². The van der Waals surface area contributed by atoms with E-state index in [0.29, 0.717) is 6.42 Å². The lowest BCUT2D eigenvalue weighted by Crippen LogP contribution is -2.43. The summed E-state index contributed by atoms with van der Waals surface area (Å²) in [5.74, 6) is 2.12. The van der Waals surface area contributed by atoms with Crippen molar-refractivity contribution < 1.29 is 10.0 Å². The van der Waals surface area contributed by atoms with Crippen LogP contribution in [0.2, 0.25) is 0 Å². The lowest BCUT2D eigenvalue weighted by molar-refractivity contribution is -0.128. The van der Waals surface area contributed by atoms with Crippen molar-refractivity contribution in [2.24, 2.45) is 28.6 Å². The lowest BCUT2D eigenvalue weighted by Gasteiger charge is -2.39. The summed E-state index contributed by atoms with van der Waals surface area (Å²) >= 11 is 0. The predicted octanol–water partition coefficient (Wildman–Crippen LogP) is 2.62. The maximum Gasteiger partial charge on any atom is 0.223 e. The van der Waals surface area contributed by atoms with Gasteiger partial charge in [-0.3, -0.25) is 4.79 Å². The smallest absolute Gasteiger partial charge is 0.223 e. The van der Waals surface area contributed by atoms with Crippen LogP contribution in [0.5, 0.6) is 0 Å². The quantitative estimate of drug-likeness (QED) is 0.315. The summed E-state index contributed by atoms with van der Waals surface area (Å²) in [5.41, 5.74) is 5.54. The highest BCUT2D eigenvalue weighted by Gasteiger charge is 2.35. The number of hydrogen-bond donors (Lipinski definition) is 3. The highest BCUT2D eigenvalue weighted by molar-refractivity contribution is 5.82. The monoisotopic (exact) mass is 295 g/mol. The molecule has 4 N–H and O–H groups in total. The molecule has 0 bridgehead atoms. The standard InChI is InChI=1S/C16H29N3O2/c1-2-14(10-15(17)19-21)18-16(20)13-8-7-11-5-3-4-6-12(11)9-13/h11-14,21H,2-10H2,1H3,(H2,17,19)(H,18,20). The molecule has 0 heterocycles. The van der Waals surface area contributed by atoms with Gasteiger partial charge >= 0.3 is 0 Å². The van der Waals surface area contributed by atoms with E-state index < -0.39 is 0 Å². The molecule has 2 fully saturated rings. The topological polar surface area (TPSA) is 87.7 Å². The zero-order chi connectivity index (χ0) is 15.2. The van der Waals surface area contributed by atoms with Gasteiger partial charge in [-0.25, -0.2) is 0 Å². The van der Waals surface area contributed by atoms with E-state index in [1.165, 1.54) is 32.1 Å². The van der Waals surface area contributed by atoms with Crippen molar-refractivity contribution in [1.29, 1.82) is 0 Å². The van der Waals surface area contributed by atoms with Crippen LogP contribution in [0.3, 0.4) is 0 Å². The Morgan fingerprint density at radius 3 is 2.67 bits per heavy atom. The maximum atomic E-state index is 12.5. The Kier molecular flexibility index (Phi) is 5.88. The number of oxime groups is 1. The van der Waals surface area contributed by atoms with Crippen LogP contribution in [0.15, 0.2) is 5.16 Å². The van der Waals surface area contributed by atoms with E-state index in [4.69, 9.17) is 10.9 Å². The molecule has 0 spiro atoms. The Morgan fingerprint density at radius 2 is 2.00 bits per heavy atom. The number of amidine groups is 1. The molecule has 120 valence electrons. The molecule has 1 amide bonds. The van der Waals surface area contributed by atoms with E-state index in [1.54, 1.807) is 0 Å². The van der Waals surface area contributed by atoms with Crippen molar-refractivity contribution in [3.05, 3.63) is 0 Å². The molecule has 0 aromatic rings. The summed E-state index contributed by atoms with van der Waals surface area (Å²) < 4.78 is 0. The van der Waals surface area contributed by atoms with Gasteiger partial charge in [0, 0.05) is 18.4 Å². The number of fused-ring (bicyclic) bond motifs is 1. The Labute approximate surface area is 127 Å². The number of nitrogens with one attached hydrogen (secondary N) is 1. The Hall–Kier alpha value is -1.26. The van der Waals surface area contributed by atoms with Crippen LogP contribution in [0.1, 0.15) is 64.7 Å². The number of carbonyl (C=O) groups is 1. The van der Waals surface area contributed by atoms with Crippen LogP contribution >= 0.6 is 0 Å². The van der Waals surface area contributed by atoms with Crippen LogP contribution in [0.4, 0.5) is 0 Å². The highest BCUT2D eigenvalue weighted by atomic mass is 16.4. The van der Waals surface area contributed by atoms with Gasteiger partial charge in [0.25, 0.3) is 0 Å². The number of hydrogen-bond acceptors (Lipinski definition) is 3. The highest BCUT2D eigenvalue weighted by Crippen LogP contribution is 2.42. The normalized spacial score (nSPS) is 31.3. The van der Waals surface area contributed by atoms with Gasteiger partial charge in [0.1, 0.15) is 5.84 Å². The Morgan fingerprint density at radius 1 is 1.29 bits per heavy atom. The maximum absolute atomic E-state index is 12.5. The summed E-state index contributed by atoms with van der Waals surface area (Å²) in [4.78, 5) is 12.5. The SMILES string of the molecule is CCC(CC(N)=NO)NC(=O)C1CCC2CCCCC2C1. The zero-order valence-corrected chi connectivity index (χ0v) is 13.1. The van der Waals surface area contributed by atoms with Crippen LogP contribution in [-0.4, -0.2) is 23.0 Å². The van der Waals surface area contributed by atoms with Crippen LogP contribution in [-0.2, 0) is 4.79 Å². The number of nitrogens with zero attached hydrogens (tertiary/aromatic N) is 1. The van der Waals surface area contributed by atoms with Gasteiger partial charge in [0.2, 0.25) is 5.91 Å². The predicted molar refractivity (Wildman–Crippen MR) is 83.0 cm³/mol.